The van der Waals surface area contributed by atoms with Crippen molar-refractivity contribution in [1.82, 2.24) is 5.32 Å². The molecule has 6 nitrogen and oxygen atoms in total. The Balaban J connectivity index is 3.65. The minimum absolute atomic E-state index is 0.573. The molecule has 0 aromatic heterocycles. The van der Waals surface area contributed by atoms with Crippen LogP contribution >= 0.6 is 0 Å². The fraction of sp³-hybridized carbons (Fsp3) is 0.933. The zero-order valence-corrected chi connectivity index (χ0v) is 13.7. The second-order valence-electron chi connectivity index (χ2n) is 4.95. The maximum absolute atomic E-state index is 11.4. The summed E-state index contributed by atoms with van der Waals surface area (Å²) in [6.45, 7) is 7.58. The summed E-state index contributed by atoms with van der Waals surface area (Å²) >= 11 is 0. The minimum atomic E-state index is -0.818. The van der Waals surface area contributed by atoms with Crippen LogP contribution in [0.3, 0.4) is 0 Å². The molecule has 0 rings (SSSR count). The van der Waals surface area contributed by atoms with Crippen molar-refractivity contribution in [3.63, 3.8) is 0 Å². The highest BCUT2D eigenvalue weighted by Crippen LogP contribution is 2.18. The molecule has 0 fully saturated rings. The predicted octanol–water partition coefficient (Wildman–Crippen LogP) is 1.68. The van der Waals surface area contributed by atoms with Crippen molar-refractivity contribution in [2.45, 2.75) is 45.1 Å². The molecule has 6 heteroatoms. The second kappa shape index (κ2) is 13.0. The topological polar surface area (TPSA) is 77.0 Å². The van der Waals surface area contributed by atoms with Gasteiger partial charge in [0.2, 0.25) is 0 Å². The Morgan fingerprint density at radius 1 is 1.05 bits per heavy atom. The van der Waals surface area contributed by atoms with Crippen molar-refractivity contribution in [2.75, 3.05) is 46.7 Å². The van der Waals surface area contributed by atoms with Crippen LogP contribution in [0.1, 0.15) is 39.5 Å². The third-order valence-corrected chi connectivity index (χ3v) is 3.43. The van der Waals surface area contributed by atoms with Gasteiger partial charge in [0.05, 0.1) is 13.2 Å². The van der Waals surface area contributed by atoms with Gasteiger partial charge in [-0.2, -0.15) is 0 Å². The fourth-order valence-corrected chi connectivity index (χ4v) is 2.15. The first-order chi connectivity index (χ1) is 10.1. The molecular weight excluding hydrogens is 274 g/mol. The summed E-state index contributed by atoms with van der Waals surface area (Å²) in [5.41, 5.74) is -0.818. The molecule has 0 aromatic carbocycles. The predicted molar refractivity (Wildman–Crippen MR) is 81.7 cm³/mol. The molecule has 1 atom stereocenters. The Morgan fingerprint density at radius 3 is 2.19 bits per heavy atom. The van der Waals surface area contributed by atoms with Gasteiger partial charge < -0.3 is 24.6 Å². The van der Waals surface area contributed by atoms with Crippen molar-refractivity contribution in [2.24, 2.45) is 0 Å². The average Bonchev–Trinajstić information content (AvgIpc) is 2.47. The summed E-state index contributed by atoms with van der Waals surface area (Å²) in [5.74, 6) is -0.779. The molecule has 0 radical (unpaired) electrons. The van der Waals surface area contributed by atoms with Gasteiger partial charge in [0.15, 0.2) is 0 Å². The Bertz CT molecular complexity index is 262. The van der Waals surface area contributed by atoms with Gasteiger partial charge in [0.25, 0.3) is 0 Å². The SMILES string of the molecule is CCNC(CC)(CCCOCCCOCCOC)C(=O)O. The lowest BCUT2D eigenvalue weighted by Crippen LogP contribution is -2.51. The van der Waals surface area contributed by atoms with Gasteiger partial charge in [0.1, 0.15) is 5.54 Å². The van der Waals surface area contributed by atoms with Crippen LogP contribution in [0, 0.1) is 0 Å². The minimum Gasteiger partial charge on any atom is -0.480 e. The number of carbonyl (C=O) groups is 1. The van der Waals surface area contributed by atoms with E-state index >= 15 is 0 Å². The highest BCUT2D eigenvalue weighted by molar-refractivity contribution is 5.78. The molecule has 2 N–H and O–H groups in total. The summed E-state index contributed by atoms with van der Waals surface area (Å²) in [6, 6.07) is 0. The summed E-state index contributed by atoms with van der Waals surface area (Å²) in [4.78, 5) is 11.4. The van der Waals surface area contributed by atoms with Gasteiger partial charge in [0, 0.05) is 26.9 Å². The highest BCUT2D eigenvalue weighted by Gasteiger charge is 2.34. The van der Waals surface area contributed by atoms with E-state index in [0.717, 1.165) is 12.8 Å². The molecule has 0 spiro atoms. The molecule has 21 heavy (non-hydrogen) atoms. The Kier molecular flexibility index (Phi) is 12.6. The first-order valence-electron chi connectivity index (χ1n) is 7.75. The van der Waals surface area contributed by atoms with E-state index in [2.05, 4.69) is 5.32 Å². The van der Waals surface area contributed by atoms with Gasteiger partial charge in [-0.25, -0.2) is 0 Å². The maximum Gasteiger partial charge on any atom is 0.323 e. The lowest BCUT2D eigenvalue weighted by atomic mass is 9.90. The van der Waals surface area contributed by atoms with E-state index in [4.69, 9.17) is 14.2 Å². The van der Waals surface area contributed by atoms with E-state index in [1.165, 1.54) is 0 Å². The monoisotopic (exact) mass is 305 g/mol. The molecular formula is C15H31NO5. The summed E-state index contributed by atoms with van der Waals surface area (Å²) < 4.78 is 15.7. The number of carboxylic acids is 1. The number of aliphatic carboxylic acids is 1. The number of carboxylic acid groups (broad SMARTS) is 1. The first kappa shape index (κ1) is 20.3. The Hall–Kier alpha value is -0.690. The van der Waals surface area contributed by atoms with Gasteiger partial charge in [-0.15, -0.1) is 0 Å². The number of ether oxygens (including phenoxy) is 3. The highest BCUT2D eigenvalue weighted by atomic mass is 16.5. The Morgan fingerprint density at radius 2 is 1.67 bits per heavy atom. The summed E-state index contributed by atoms with van der Waals surface area (Å²) in [7, 11) is 1.65. The molecule has 0 aliphatic rings. The summed E-state index contributed by atoms with van der Waals surface area (Å²) in [5, 5.41) is 12.5. The van der Waals surface area contributed by atoms with Gasteiger partial charge in [-0.3, -0.25) is 4.79 Å². The number of nitrogens with one attached hydrogen (secondary N) is 1. The second-order valence-corrected chi connectivity index (χ2v) is 4.95. The van der Waals surface area contributed by atoms with E-state index < -0.39 is 11.5 Å². The fourth-order valence-electron chi connectivity index (χ4n) is 2.15. The van der Waals surface area contributed by atoms with Crippen molar-refractivity contribution < 1.29 is 24.1 Å². The smallest absolute Gasteiger partial charge is 0.323 e. The number of hydrogen-bond acceptors (Lipinski definition) is 5. The van der Waals surface area contributed by atoms with Crippen LogP contribution in [0.5, 0.6) is 0 Å². The van der Waals surface area contributed by atoms with Crippen LogP contribution in [0.25, 0.3) is 0 Å². The molecule has 0 amide bonds. The van der Waals surface area contributed by atoms with E-state index in [1.54, 1.807) is 7.11 Å². The standard InChI is InChI=1S/C15H31NO5/c1-4-15(14(17)18,16-5-2)8-6-9-20-10-7-11-21-13-12-19-3/h16H,4-13H2,1-3H3,(H,17,18). The van der Waals surface area contributed by atoms with Gasteiger partial charge in [-0.05, 0) is 32.2 Å². The van der Waals surface area contributed by atoms with Crippen molar-refractivity contribution >= 4 is 5.97 Å². The molecule has 0 saturated carbocycles. The molecule has 0 aliphatic heterocycles. The number of methoxy groups -OCH3 is 1. The number of rotatable bonds is 15. The zero-order chi connectivity index (χ0) is 16.0. The van der Waals surface area contributed by atoms with E-state index in [1.807, 2.05) is 13.8 Å². The van der Waals surface area contributed by atoms with Crippen molar-refractivity contribution in [3.8, 4) is 0 Å². The van der Waals surface area contributed by atoms with Crippen LogP contribution in [0.15, 0.2) is 0 Å². The van der Waals surface area contributed by atoms with Crippen LogP contribution in [0.4, 0.5) is 0 Å². The summed E-state index contributed by atoms with van der Waals surface area (Å²) in [6.07, 6.45) is 2.73. The lowest BCUT2D eigenvalue weighted by Gasteiger charge is -2.29. The van der Waals surface area contributed by atoms with E-state index in [0.29, 0.717) is 52.4 Å². The number of likely N-dealkylation sites (N-methyl/N-ethyl adjacent to an activating group) is 1. The largest absolute Gasteiger partial charge is 0.480 e. The molecule has 0 aliphatic carbocycles. The molecule has 0 heterocycles. The van der Waals surface area contributed by atoms with Crippen molar-refractivity contribution in [1.29, 1.82) is 0 Å². The lowest BCUT2D eigenvalue weighted by molar-refractivity contribution is -0.145. The molecule has 0 saturated heterocycles. The van der Waals surface area contributed by atoms with Gasteiger partial charge in [-0.1, -0.05) is 13.8 Å². The van der Waals surface area contributed by atoms with E-state index in [-0.39, 0.29) is 0 Å². The van der Waals surface area contributed by atoms with Gasteiger partial charge >= 0.3 is 5.97 Å². The van der Waals surface area contributed by atoms with Crippen molar-refractivity contribution in [3.05, 3.63) is 0 Å². The molecule has 126 valence electrons. The van der Waals surface area contributed by atoms with Crippen LogP contribution < -0.4 is 5.32 Å². The van der Waals surface area contributed by atoms with Crippen LogP contribution in [0.2, 0.25) is 0 Å². The zero-order valence-electron chi connectivity index (χ0n) is 13.7. The number of hydrogen-bond donors (Lipinski definition) is 2. The first-order valence-corrected chi connectivity index (χ1v) is 7.75. The van der Waals surface area contributed by atoms with Crippen LogP contribution in [-0.4, -0.2) is 63.3 Å². The van der Waals surface area contributed by atoms with E-state index in [9.17, 15) is 9.90 Å². The molecule has 0 bridgehead atoms. The Labute approximate surface area is 128 Å². The average molecular weight is 305 g/mol. The maximum atomic E-state index is 11.4. The molecule has 1 unspecified atom stereocenters. The van der Waals surface area contributed by atoms with Crippen LogP contribution in [-0.2, 0) is 19.0 Å². The third kappa shape index (κ3) is 9.03. The quantitative estimate of drug-likeness (QED) is 0.448. The molecule has 0 aromatic rings. The normalized spacial score (nSPS) is 14.0. The third-order valence-electron chi connectivity index (χ3n) is 3.43.